The number of urea groups is 1. The lowest BCUT2D eigenvalue weighted by Gasteiger charge is -2.31. The van der Waals surface area contributed by atoms with Crippen molar-refractivity contribution in [2.75, 3.05) is 5.32 Å². The maximum atomic E-state index is 13.9. The highest BCUT2D eigenvalue weighted by atomic mass is 79.9. The molecule has 1 unspecified atom stereocenters. The Labute approximate surface area is 172 Å². The zero-order valence-electron chi connectivity index (χ0n) is 16.6. The van der Waals surface area contributed by atoms with Gasteiger partial charge in [-0.2, -0.15) is 0 Å². The predicted molar refractivity (Wildman–Crippen MR) is 109 cm³/mol. The normalized spacial score (nSPS) is 14.5. The van der Waals surface area contributed by atoms with Crippen LogP contribution in [0.1, 0.15) is 41.0 Å². The van der Waals surface area contributed by atoms with Crippen LogP contribution in [-0.2, 0) is 9.59 Å². The van der Waals surface area contributed by atoms with E-state index in [2.05, 4.69) is 31.9 Å². The molecule has 0 bridgehead atoms. The predicted octanol–water partition coefficient (Wildman–Crippen LogP) is 3.74. The van der Waals surface area contributed by atoms with E-state index in [1.165, 1.54) is 12.1 Å². The number of hydrogen-bond acceptors (Lipinski definition) is 3. The van der Waals surface area contributed by atoms with E-state index in [1.807, 2.05) is 6.92 Å². The van der Waals surface area contributed by atoms with Gasteiger partial charge in [0.1, 0.15) is 17.9 Å². The molecule has 156 valence electrons. The molecule has 3 atom stereocenters. The summed E-state index contributed by atoms with van der Waals surface area (Å²) in [6.07, 6.45) is 0.568. The number of halogens is 2. The molecule has 0 aromatic heterocycles. The number of carbonyl (C=O) groups is 3. The Balaban J connectivity index is 2.94. The molecule has 1 aromatic rings. The van der Waals surface area contributed by atoms with E-state index in [-0.39, 0.29) is 11.6 Å². The highest BCUT2D eigenvalue weighted by molar-refractivity contribution is 9.10. The van der Waals surface area contributed by atoms with Crippen LogP contribution in [0.2, 0.25) is 0 Å². The SMILES string of the molecule is CC[C@H](C)[C@H](NC(=O)Nc1ccc(Br)cc1F)C(=O)NC(C(=O)O)C(C)(C)C. The zero-order chi connectivity index (χ0) is 21.6. The van der Waals surface area contributed by atoms with Gasteiger partial charge in [-0.25, -0.2) is 14.0 Å². The summed E-state index contributed by atoms with van der Waals surface area (Å²) in [7, 11) is 0. The van der Waals surface area contributed by atoms with Crippen LogP contribution in [0.15, 0.2) is 22.7 Å². The molecule has 0 fully saturated rings. The Kier molecular flexibility index (Phi) is 8.41. The molecule has 1 aromatic carbocycles. The first kappa shape index (κ1) is 23.9. The van der Waals surface area contributed by atoms with Crippen LogP contribution in [0.5, 0.6) is 0 Å². The van der Waals surface area contributed by atoms with Gasteiger partial charge in [0.25, 0.3) is 0 Å². The lowest BCUT2D eigenvalue weighted by molar-refractivity contribution is -0.145. The van der Waals surface area contributed by atoms with Gasteiger partial charge < -0.3 is 21.1 Å². The Bertz CT molecular complexity index is 736. The first-order chi connectivity index (χ1) is 12.9. The van der Waals surface area contributed by atoms with Gasteiger partial charge in [-0.1, -0.05) is 57.0 Å². The minimum atomic E-state index is -1.16. The van der Waals surface area contributed by atoms with Gasteiger partial charge in [-0.3, -0.25) is 4.79 Å². The molecule has 9 heteroatoms. The average molecular weight is 460 g/mol. The van der Waals surface area contributed by atoms with E-state index >= 15 is 0 Å². The number of carboxylic acids is 1. The van der Waals surface area contributed by atoms with Crippen molar-refractivity contribution in [1.82, 2.24) is 10.6 Å². The molecule has 0 aliphatic rings. The fourth-order valence-corrected chi connectivity index (χ4v) is 2.81. The van der Waals surface area contributed by atoms with Gasteiger partial charge in [-0.05, 0) is 29.5 Å². The van der Waals surface area contributed by atoms with Gasteiger partial charge >= 0.3 is 12.0 Å². The van der Waals surface area contributed by atoms with Crippen LogP contribution < -0.4 is 16.0 Å². The maximum absolute atomic E-state index is 13.9. The molecule has 0 radical (unpaired) electrons. The highest BCUT2D eigenvalue weighted by Crippen LogP contribution is 2.21. The van der Waals surface area contributed by atoms with Crippen molar-refractivity contribution in [3.8, 4) is 0 Å². The molecule has 0 heterocycles. The average Bonchev–Trinajstić information content (AvgIpc) is 2.57. The molecule has 0 saturated carbocycles. The summed E-state index contributed by atoms with van der Waals surface area (Å²) in [6, 6.07) is 1.29. The number of amides is 3. The van der Waals surface area contributed by atoms with Crippen molar-refractivity contribution >= 4 is 39.5 Å². The number of rotatable bonds is 7. The quantitative estimate of drug-likeness (QED) is 0.497. The minimum Gasteiger partial charge on any atom is -0.480 e. The standard InChI is InChI=1S/C19H27BrFN3O4/c1-6-10(2)14(16(25)24-15(17(26)27)19(3,4)5)23-18(28)22-13-8-7-11(20)9-12(13)21/h7-10,14-15H,6H2,1-5H3,(H,24,25)(H,26,27)(H2,22,23,28)/t10-,14-,15?/m0/s1. The van der Waals surface area contributed by atoms with Crippen LogP contribution in [-0.4, -0.2) is 35.1 Å². The fraction of sp³-hybridized carbons (Fsp3) is 0.526. The Morgan fingerprint density at radius 1 is 1.21 bits per heavy atom. The van der Waals surface area contributed by atoms with Gasteiger partial charge in [0, 0.05) is 4.47 Å². The Hall–Kier alpha value is -2.16. The molecule has 0 saturated heterocycles. The number of carboxylic acid groups (broad SMARTS) is 1. The van der Waals surface area contributed by atoms with Crippen molar-refractivity contribution < 1.29 is 23.9 Å². The van der Waals surface area contributed by atoms with E-state index in [4.69, 9.17) is 0 Å². The molecule has 28 heavy (non-hydrogen) atoms. The van der Waals surface area contributed by atoms with Crippen molar-refractivity contribution in [3.05, 3.63) is 28.5 Å². The Morgan fingerprint density at radius 3 is 2.29 bits per heavy atom. The maximum Gasteiger partial charge on any atom is 0.326 e. The van der Waals surface area contributed by atoms with E-state index in [0.29, 0.717) is 10.9 Å². The molecule has 4 N–H and O–H groups in total. The molecule has 0 aliphatic heterocycles. The molecule has 1 rings (SSSR count). The third-order valence-corrected chi connectivity index (χ3v) is 4.85. The van der Waals surface area contributed by atoms with Crippen molar-refractivity contribution in [2.24, 2.45) is 11.3 Å². The molecule has 3 amide bonds. The van der Waals surface area contributed by atoms with Crippen molar-refractivity contribution in [3.63, 3.8) is 0 Å². The van der Waals surface area contributed by atoms with E-state index in [1.54, 1.807) is 33.8 Å². The lowest BCUT2D eigenvalue weighted by Crippen LogP contribution is -2.57. The zero-order valence-corrected chi connectivity index (χ0v) is 18.2. The molecule has 0 aliphatic carbocycles. The topological polar surface area (TPSA) is 108 Å². The van der Waals surface area contributed by atoms with Crippen molar-refractivity contribution in [2.45, 2.75) is 53.1 Å². The summed E-state index contributed by atoms with van der Waals surface area (Å²) in [5, 5.41) is 16.8. The third-order valence-electron chi connectivity index (χ3n) is 4.36. The van der Waals surface area contributed by atoms with E-state index in [9.17, 15) is 23.9 Å². The first-order valence-electron chi connectivity index (χ1n) is 8.92. The van der Waals surface area contributed by atoms with Gasteiger partial charge in [0.2, 0.25) is 5.91 Å². The van der Waals surface area contributed by atoms with Gasteiger partial charge in [0.15, 0.2) is 0 Å². The molecular weight excluding hydrogens is 433 g/mol. The van der Waals surface area contributed by atoms with Crippen LogP contribution in [0.4, 0.5) is 14.9 Å². The molecular formula is C19H27BrFN3O4. The molecule has 0 spiro atoms. The minimum absolute atomic E-state index is 0.0397. The fourth-order valence-electron chi connectivity index (χ4n) is 2.47. The monoisotopic (exact) mass is 459 g/mol. The van der Waals surface area contributed by atoms with Gasteiger partial charge in [-0.15, -0.1) is 0 Å². The second-order valence-electron chi connectivity index (χ2n) is 7.73. The van der Waals surface area contributed by atoms with Crippen LogP contribution in [0.25, 0.3) is 0 Å². The lowest BCUT2D eigenvalue weighted by atomic mass is 9.86. The number of hydrogen-bond donors (Lipinski definition) is 4. The van der Waals surface area contributed by atoms with E-state index < -0.39 is 41.2 Å². The van der Waals surface area contributed by atoms with Crippen LogP contribution in [0.3, 0.4) is 0 Å². The second-order valence-corrected chi connectivity index (χ2v) is 8.65. The third kappa shape index (κ3) is 6.78. The summed E-state index contributed by atoms with van der Waals surface area (Å²) in [5.41, 5.74) is -0.758. The molecule has 7 nitrogen and oxygen atoms in total. The van der Waals surface area contributed by atoms with Crippen LogP contribution >= 0.6 is 15.9 Å². The first-order valence-corrected chi connectivity index (χ1v) is 9.71. The summed E-state index contributed by atoms with van der Waals surface area (Å²) < 4.78 is 14.4. The summed E-state index contributed by atoms with van der Waals surface area (Å²) >= 11 is 3.13. The number of aliphatic carboxylic acids is 1. The largest absolute Gasteiger partial charge is 0.480 e. The highest BCUT2D eigenvalue weighted by Gasteiger charge is 2.36. The van der Waals surface area contributed by atoms with Crippen molar-refractivity contribution in [1.29, 1.82) is 0 Å². The summed E-state index contributed by atoms with van der Waals surface area (Å²) in [4.78, 5) is 36.5. The summed E-state index contributed by atoms with van der Waals surface area (Å²) in [6.45, 7) is 8.69. The summed E-state index contributed by atoms with van der Waals surface area (Å²) in [5.74, 6) is -2.67. The number of nitrogens with one attached hydrogen (secondary N) is 3. The number of carbonyl (C=O) groups excluding carboxylic acids is 2. The van der Waals surface area contributed by atoms with Crippen LogP contribution in [0, 0.1) is 17.2 Å². The number of anilines is 1. The number of benzene rings is 1. The van der Waals surface area contributed by atoms with E-state index in [0.717, 1.165) is 0 Å². The smallest absolute Gasteiger partial charge is 0.326 e. The second kappa shape index (κ2) is 9.86. The Morgan fingerprint density at radius 2 is 1.82 bits per heavy atom. The van der Waals surface area contributed by atoms with Gasteiger partial charge in [0.05, 0.1) is 5.69 Å².